The second kappa shape index (κ2) is 6.17. The summed E-state index contributed by atoms with van der Waals surface area (Å²) in [5.74, 6) is 0. The number of aliphatic hydroxyl groups excluding tert-OH is 1. The highest BCUT2D eigenvalue weighted by Gasteiger charge is 2.18. The van der Waals surface area contributed by atoms with Crippen LogP contribution in [0.15, 0.2) is 42.5 Å². The molecule has 1 atom stereocenters. The lowest BCUT2D eigenvalue weighted by Crippen LogP contribution is -2.24. The first-order valence-corrected chi connectivity index (χ1v) is 9.99. The number of benzene rings is 1. The highest BCUT2D eigenvalue weighted by Crippen LogP contribution is 2.20. The summed E-state index contributed by atoms with van der Waals surface area (Å²) in [6, 6.07) is 11.3. The maximum atomic E-state index is 10.1. The average Bonchev–Trinajstić information content (AvgIpc) is 2.25. The van der Waals surface area contributed by atoms with Crippen molar-refractivity contribution in [3.63, 3.8) is 0 Å². The minimum atomic E-state index is -1.15. The maximum absolute atomic E-state index is 10.1. The van der Waals surface area contributed by atoms with Crippen molar-refractivity contribution in [2.24, 2.45) is 0 Å². The summed E-state index contributed by atoms with van der Waals surface area (Å²) in [5, 5.41) is 10.1. The van der Waals surface area contributed by atoms with Crippen LogP contribution >= 0.6 is 0 Å². The molecule has 94 valence electrons. The Morgan fingerprint density at radius 2 is 1.82 bits per heavy atom. The van der Waals surface area contributed by atoms with Crippen molar-refractivity contribution >= 4 is 8.07 Å². The summed E-state index contributed by atoms with van der Waals surface area (Å²) in [5.41, 5.74) is 2.30. The normalized spacial score (nSPS) is 13.4. The van der Waals surface area contributed by atoms with E-state index in [-0.39, 0.29) is 6.10 Å². The molecular weight excluding hydrogens is 224 g/mol. The third-order valence-electron chi connectivity index (χ3n) is 2.78. The molecule has 17 heavy (non-hydrogen) atoms. The number of aryl methyl sites for hydroxylation is 1. The van der Waals surface area contributed by atoms with Gasteiger partial charge in [0.2, 0.25) is 0 Å². The van der Waals surface area contributed by atoms with Gasteiger partial charge in [-0.15, -0.1) is 0 Å². The number of hydrogen-bond acceptors (Lipinski definition) is 1. The van der Waals surface area contributed by atoms with Crippen LogP contribution in [-0.4, -0.2) is 19.3 Å². The molecule has 0 fully saturated rings. The lowest BCUT2D eigenvalue weighted by atomic mass is 10.0. The fourth-order valence-corrected chi connectivity index (χ4v) is 3.55. The Labute approximate surface area is 106 Å². The van der Waals surface area contributed by atoms with Crippen molar-refractivity contribution in [3.05, 3.63) is 48.0 Å². The van der Waals surface area contributed by atoms with Crippen molar-refractivity contribution in [3.8, 4) is 0 Å². The molecule has 0 aliphatic carbocycles. The second-order valence-electron chi connectivity index (χ2n) is 5.94. The summed E-state index contributed by atoms with van der Waals surface area (Å²) in [7, 11) is -1.15. The molecule has 0 heterocycles. The molecular formula is C15H24OSi. The van der Waals surface area contributed by atoms with Gasteiger partial charge in [0.05, 0.1) is 6.10 Å². The average molecular weight is 248 g/mol. The van der Waals surface area contributed by atoms with E-state index in [1.54, 1.807) is 0 Å². The van der Waals surface area contributed by atoms with Crippen LogP contribution in [0.25, 0.3) is 0 Å². The number of hydrogen-bond donors (Lipinski definition) is 1. The molecule has 0 aliphatic rings. The zero-order chi connectivity index (χ0) is 12.9. The van der Waals surface area contributed by atoms with E-state index >= 15 is 0 Å². The van der Waals surface area contributed by atoms with Crippen molar-refractivity contribution < 1.29 is 5.11 Å². The van der Waals surface area contributed by atoms with Crippen molar-refractivity contribution in [2.75, 3.05) is 0 Å². The Hall–Kier alpha value is -0.863. The van der Waals surface area contributed by atoms with E-state index in [9.17, 15) is 5.11 Å². The summed E-state index contributed by atoms with van der Waals surface area (Å²) >= 11 is 0. The predicted octanol–water partition coefficient (Wildman–Crippen LogP) is 3.87. The molecule has 1 rings (SSSR count). The third kappa shape index (κ3) is 5.85. The van der Waals surface area contributed by atoms with Crippen LogP contribution < -0.4 is 0 Å². The second-order valence-corrected chi connectivity index (χ2v) is 11.4. The van der Waals surface area contributed by atoms with Crippen LogP contribution in [-0.2, 0) is 6.42 Å². The molecule has 0 amide bonds. The lowest BCUT2D eigenvalue weighted by Gasteiger charge is -2.21. The van der Waals surface area contributed by atoms with Crippen LogP contribution in [0.4, 0.5) is 0 Å². The Morgan fingerprint density at radius 3 is 2.35 bits per heavy atom. The van der Waals surface area contributed by atoms with Gasteiger partial charge in [-0.2, -0.15) is 0 Å². The fourth-order valence-electron chi connectivity index (χ4n) is 1.95. The first-order chi connectivity index (χ1) is 7.88. The van der Waals surface area contributed by atoms with Gasteiger partial charge in [0.1, 0.15) is 0 Å². The Bertz CT molecular complexity index is 351. The molecule has 0 spiro atoms. The summed E-state index contributed by atoms with van der Waals surface area (Å²) in [6.07, 6.45) is 1.36. The molecule has 0 saturated carbocycles. The largest absolute Gasteiger partial charge is 0.389 e. The van der Waals surface area contributed by atoms with Crippen LogP contribution in [0, 0.1) is 0 Å². The van der Waals surface area contributed by atoms with Gasteiger partial charge in [-0.25, -0.2) is 0 Å². The minimum Gasteiger partial charge on any atom is -0.389 e. The first kappa shape index (κ1) is 14.2. The molecule has 2 heteroatoms. The first-order valence-electron chi connectivity index (χ1n) is 6.28. The van der Waals surface area contributed by atoms with E-state index in [2.05, 4.69) is 38.4 Å². The molecule has 0 aliphatic heterocycles. The van der Waals surface area contributed by atoms with Gasteiger partial charge in [0.15, 0.2) is 0 Å². The third-order valence-corrected chi connectivity index (χ3v) is 4.29. The number of rotatable bonds is 6. The lowest BCUT2D eigenvalue weighted by molar-refractivity contribution is 0.201. The van der Waals surface area contributed by atoms with E-state index < -0.39 is 8.07 Å². The molecule has 1 aromatic carbocycles. The Kier molecular flexibility index (Phi) is 5.16. The van der Waals surface area contributed by atoms with Crippen LogP contribution in [0.1, 0.15) is 12.0 Å². The summed E-state index contributed by atoms with van der Waals surface area (Å²) < 4.78 is 0. The van der Waals surface area contributed by atoms with Gasteiger partial charge >= 0.3 is 0 Å². The standard InChI is InChI=1S/C15H24OSi/c1-13(12-17(2,3)4)15(16)11-10-14-8-6-5-7-9-14/h5-9,15-16H,1,10-12H2,2-4H3. The van der Waals surface area contributed by atoms with Gasteiger partial charge in [-0.05, 0) is 24.4 Å². The van der Waals surface area contributed by atoms with Gasteiger partial charge in [-0.3, -0.25) is 0 Å². The number of aliphatic hydroxyl groups is 1. The smallest absolute Gasteiger partial charge is 0.0747 e. The molecule has 0 radical (unpaired) electrons. The predicted molar refractivity (Wildman–Crippen MR) is 78.1 cm³/mol. The van der Waals surface area contributed by atoms with Crippen LogP contribution in [0.3, 0.4) is 0 Å². The van der Waals surface area contributed by atoms with Crippen molar-refractivity contribution in [1.29, 1.82) is 0 Å². The molecule has 0 bridgehead atoms. The highest BCUT2D eigenvalue weighted by molar-refractivity contribution is 6.76. The summed E-state index contributed by atoms with van der Waals surface area (Å²) in [4.78, 5) is 0. The topological polar surface area (TPSA) is 20.2 Å². The van der Waals surface area contributed by atoms with E-state index in [4.69, 9.17) is 0 Å². The van der Waals surface area contributed by atoms with E-state index in [0.29, 0.717) is 0 Å². The van der Waals surface area contributed by atoms with E-state index in [0.717, 1.165) is 24.5 Å². The SMILES string of the molecule is C=C(C[Si](C)(C)C)C(O)CCc1ccccc1. The molecule has 1 N–H and O–H groups in total. The van der Waals surface area contributed by atoms with E-state index in [1.807, 2.05) is 18.2 Å². The molecule has 1 aromatic rings. The van der Waals surface area contributed by atoms with E-state index in [1.165, 1.54) is 5.56 Å². The molecule has 1 nitrogen and oxygen atoms in total. The minimum absolute atomic E-state index is 0.345. The van der Waals surface area contributed by atoms with Gasteiger partial charge in [0.25, 0.3) is 0 Å². The van der Waals surface area contributed by atoms with Crippen molar-refractivity contribution in [1.82, 2.24) is 0 Å². The van der Waals surface area contributed by atoms with Crippen molar-refractivity contribution in [2.45, 2.75) is 44.6 Å². The Morgan fingerprint density at radius 1 is 1.24 bits per heavy atom. The zero-order valence-corrected chi connectivity index (χ0v) is 12.2. The monoisotopic (exact) mass is 248 g/mol. The van der Waals surface area contributed by atoms with Crippen LogP contribution in [0.5, 0.6) is 0 Å². The van der Waals surface area contributed by atoms with Gasteiger partial charge in [0, 0.05) is 8.07 Å². The Balaban J connectivity index is 2.40. The van der Waals surface area contributed by atoms with Crippen LogP contribution in [0.2, 0.25) is 25.7 Å². The quantitative estimate of drug-likeness (QED) is 0.598. The van der Waals surface area contributed by atoms with Gasteiger partial charge < -0.3 is 5.11 Å². The van der Waals surface area contributed by atoms with Gasteiger partial charge in [-0.1, -0.05) is 62.1 Å². The molecule has 0 aromatic heterocycles. The maximum Gasteiger partial charge on any atom is 0.0747 e. The molecule has 1 unspecified atom stereocenters. The highest BCUT2D eigenvalue weighted by atomic mass is 28.3. The summed E-state index contributed by atoms with van der Waals surface area (Å²) in [6.45, 7) is 11.0. The fraction of sp³-hybridized carbons (Fsp3) is 0.467. The zero-order valence-electron chi connectivity index (χ0n) is 11.2. The molecule has 0 saturated heterocycles.